The summed E-state index contributed by atoms with van der Waals surface area (Å²) in [5, 5.41) is 0. The average Bonchev–Trinajstić information content (AvgIpc) is 2.41. The molecule has 0 aliphatic carbocycles. The number of benzene rings is 2. The van der Waals surface area contributed by atoms with Crippen molar-refractivity contribution in [3.05, 3.63) is 53.8 Å². The van der Waals surface area contributed by atoms with Crippen LogP contribution in [-0.2, 0) is 6.54 Å². The number of methoxy groups -OCH3 is 1. The molecule has 0 aromatic heterocycles. The number of ether oxygens (including phenoxy) is 1. The van der Waals surface area contributed by atoms with Crippen LogP contribution in [0.5, 0.6) is 5.75 Å². The SMILES string of the molecule is COc1cccc(CN(C)c2ccccc2N)c1F. The fraction of sp³-hybridized carbons (Fsp3) is 0.200. The van der Waals surface area contributed by atoms with Crippen molar-refractivity contribution in [3.8, 4) is 5.75 Å². The molecule has 0 spiro atoms. The Hall–Kier alpha value is -2.23. The number of para-hydroxylation sites is 2. The van der Waals surface area contributed by atoms with Crippen molar-refractivity contribution < 1.29 is 9.13 Å². The van der Waals surface area contributed by atoms with Crippen LogP contribution in [0.4, 0.5) is 15.8 Å². The van der Waals surface area contributed by atoms with E-state index in [1.807, 2.05) is 36.2 Å². The van der Waals surface area contributed by atoms with E-state index in [-0.39, 0.29) is 11.6 Å². The van der Waals surface area contributed by atoms with Crippen molar-refractivity contribution in [1.29, 1.82) is 0 Å². The Morgan fingerprint density at radius 1 is 1.16 bits per heavy atom. The Kier molecular flexibility index (Phi) is 3.90. The van der Waals surface area contributed by atoms with E-state index >= 15 is 0 Å². The molecule has 0 saturated heterocycles. The minimum atomic E-state index is -0.327. The quantitative estimate of drug-likeness (QED) is 0.859. The summed E-state index contributed by atoms with van der Waals surface area (Å²) < 4.78 is 19.0. The molecule has 3 nitrogen and oxygen atoms in total. The highest BCUT2D eigenvalue weighted by Gasteiger charge is 2.11. The summed E-state index contributed by atoms with van der Waals surface area (Å²) in [5.74, 6) is -0.0710. The molecule has 0 bridgehead atoms. The van der Waals surface area contributed by atoms with E-state index in [4.69, 9.17) is 10.5 Å². The second-order valence-corrected chi connectivity index (χ2v) is 4.35. The van der Waals surface area contributed by atoms with E-state index in [9.17, 15) is 4.39 Å². The van der Waals surface area contributed by atoms with E-state index in [1.54, 1.807) is 18.2 Å². The van der Waals surface area contributed by atoms with Crippen LogP contribution in [0, 0.1) is 5.82 Å². The normalized spacial score (nSPS) is 10.3. The molecule has 2 aromatic rings. The summed E-state index contributed by atoms with van der Waals surface area (Å²) in [6.07, 6.45) is 0. The second kappa shape index (κ2) is 5.61. The fourth-order valence-corrected chi connectivity index (χ4v) is 2.01. The topological polar surface area (TPSA) is 38.5 Å². The van der Waals surface area contributed by atoms with Crippen LogP contribution < -0.4 is 15.4 Å². The molecule has 0 heterocycles. The van der Waals surface area contributed by atoms with E-state index in [0.29, 0.717) is 17.8 Å². The zero-order chi connectivity index (χ0) is 13.8. The van der Waals surface area contributed by atoms with E-state index in [2.05, 4.69) is 0 Å². The van der Waals surface area contributed by atoms with Crippen LogP contribution in [0.3, 0.4) is 0 Å². The molecule has 100 valence electrons. The molecular weight excluding hydrogens is 243 g/mol. The number of nitrogen functional groups attached to an aromatic ring is 1. The second-order valence-electron chi connectivity index (χ2n) is 4.35. The fourth-order valence-electron chi connectivity index (χ4n) is 2.01. The van der Waals surface area contributed by atoms with Gasteiger partial charge in [0.05, 0.1) is 18.5 Å². The van der Waals surface area contributed by atoms with Crippen molar-refractivity contribution >= 4 is 11.4 Å². The van der Waals surface area contributed by atoms with Crippen LogP contribution in [0.1, 0.15) is 5.56 Å². The Bertz CT molecular complexity index is 572. The highest BCUT2D eigenvalue weighted by Crippen LogP contribution is 2.25. The smallest absolute Gasteiger partial charge is 0.170 e. The van der Waals surface area contributed by atoms with Gasteiger partial charge in [-0.05, 0) is 18.2 Å². The third kappa shape index (κ3) is 2.78. The largest absolute Gasteiger partial charge is 0.494 e. The monoisotopic (exact) mass is 260 g/mol. The van der Waals surface area contributed by atoms with Crippen LogP contribution in [-0.4, -0.2) is 14.2 Å². The van der Waals surface area contributed by atoms with E-state index in [0.717, 1.165) is 5.69 Å². The van der Waals surface area contributed by atoms with Crippen LogP contribution in [0.2, 0.25) is 0 Å². The van der Waals surface area contributed by atoms with Crippen molar-refractivity contribution in [3.63, 3.8) is 0 Å². The molecule has 2 aromatic carbocycles. The first-order valence-corrected chi connectivity index (χ1v) is 6.00. The minimum absolute atomic E-state index is 0.256. The molecule has 0 amide bonds. The summed E-state index contributed by atoms with van der Waals surface area (Å²) in [7, 11) is 3.34. The molecule has 0 atom stereocenters. The lowest BCUT2D eigenvalue weighted by atomic mass is 10.1. The number of halogens is 1. The molecular formula is C15H17FN2O. The molecule has 4 heteroatoms. The summed E-state index contributed by atoms with van der Waals surface area (Å²) in [6, 6.07) is 12.6. The van der Waals surface area contributed by atoms with Crippen LogP contribution in [0.15, 0.2) is 42.5 Å². The molecule has 0 saturated carbocycles. The molecule has 2 rings (SSSR count). The van der Waals surface area contributed by atoms with Crippen LogP contribution >= 0.6 is 0 Å². The molecule has 0 radical (unpaired) electrons. The number of nitrogens with zero attached hydrogens (tertiary/aromatic N) is 1. The van der Waals surface area contributed by atoms with Gasteiger partial charge in [0.25, 0.3) is 0 Å². The number of hydrogen-bond acceptors (Lipinski definition) is 3. The predicted octanol–water partition coefficient (Wildman–Crippen LogP) is 3.05. The van der Waals surface area contributed by atoms with Gasteiger partial charge in [-0.2, -0.15) is 0 Å². The van der Waals surface area contributed by atoms with Gasteiger partial charge in [-0.3, -0.25) is 0 Å². The maximum absolute atomic E-state index is 14.1. The summed E-state index contributed by atoms with van der Waals surface area (Å²) in [6.45, 7) is 0.428. The van der Waals surface area contributed by atoms with Crippen molar-refractivity contribution in [2.24, 2.45) is 0 Å². The zero-order valence-corrected chi connectivity index (χ0v) is 11.1. The molecule has 0 fully saturated rings. The van der Waals surface area contributed by atoms with E-state index in [1.165, 1.54) is 7.11 Å². The third-order valence-corrected chi connectivity index (χ3v) is 3.02. The number of nitrogens with two attached hydrogens (primary N) is 1. The van der Waals surface area contributed by atoms with Gasteiger partial charge < -0.3 is 15.4 Å². The van der Waals surface area contributed by atoms with E-state index < -0.39 is 0 Å². The lowest BCUT2D eigenvalue weighted by Gasteiger charge is -2.21. The Balaban J connectivity index is 2.24. The molecule has 2 N–H and O–H groups in total. The van der Waals surface area contributed by atoms with Crippen molar-refractivity contribution in [2.75, 3.05) is 24.8 Å². The van der Waals surface area contributed by atoms with Crippen molar-refractivity contribution in [2.45, 2.75) is 6.54 Å². The van der Waals surface area contributed by atoms with Gasteiger partial charge in [0.2, 0.25) is 0 Å². The first-order chi connectivity index (χ1) is 9.13. The summed E-state index contributed by atoms with van der Waals surface area (Å²) in [5.41, 5.74) is 8.04. The Labute approximate surface area is 112 Å². The number of rotatable bonds is 4. The lowest BCUT2D eigenvalue weighted by Crippen LogP contribution is -2.18. The third-order valence-electron chi connectivity index (χ3n) is 3.02. The van der Waals surface area contributed by atoms with Gasteiger partial charge >= 0.3 is 0 Å². The highest BCUT2D eigenvalue weighted by molar-refractivity contribution is 5.67. The minimum Gasteiger partial charge on any atom is -0.494 e. The van der Waals surface area contributed by atoms with Gasteiger partial charge in [0, 0.05) is 19.2 Å². The number of hydrogen-bond donors (Lipinski definition) is 1. The van der Waals surface area contributed by atoms with Crippen molar-refractivity contribution in [1.82, 2.24) is 0 Å². The lowest BCUT2D eigenvalue weighted by molar-refractivity contribution is 0.384. The van der Waals surface area contributed by atoms with Gasteiger partial charge in [-0.25, -0.2) is 4.39 Å². The average molecular weight is 260 g/mol. The zero-order valence-electron chi connectivity index (χ0n) is 11.1. The Morgan fingerprint density at radius 3 is 2.58 bits per heavy atom. The van der Waals surface area contributed by atoms with Gasteiger partial charge in [0.15, 0.2) is 11.6 Å². The maximum atomic E-state index is 14.1. The van der Waals surface area contributed by atoms with Gasteiger partial charge in [0.1, 0.15) is 0 Å². The molecule has 0 aliphatic rings. The Morgan fingerprint density at radius 2 is 1.89 bits per heavy atom. The maximum Gasteiger partial charge on any atom is 0.170 e. The van der Waals surface area contributed by atoms with Gasteiger partial charge in [-0.15, -0.1) is 0 Å². The first kappa shape index (κ1) is 13.2. The standard InChI is InChI=1S/C15H17FN2O/c1-18(13-8-4-3-7-12(13)17)10-11-6-5-9-14(19-2)15(11)16/h3-9H,10,17H2,1-2H3. The van der Waals surface area contributed by atoms with Crippen LogP contribution in [0.25, 0.3) is 0 Å². The highest BCUT2D eigenvalue weighted by atomic mass is 19.1. The summed E-state index contributed by atoms with van der Waals surface area (Å²) in [4.78, 5) is 1.91. The molecule has 0 unspecified atom stereocenters. The predicted molar refractivity (Wildman–Crippen MR) is 75.9 cm³/mol. The summed E-state index contributed by atoms with van der Waals surface area (Å²) >= 11 is 0. The van der Waals surface area contributed by atoms with Gasteiger partial charge in [-0.1, -0.05) is 24.3 Å². The number of anilines is 2. The molecule has 19 heavy (non-hydrogen) atoms. The molecule has 0 aliphatic heterocycles. The first-order valence-electron chi connectivity index (χ1n) is 6.00.